The number of sulfone groups is 1. The number of hydrogen-bond acceptors (Lipinski definition) is 4. The summed E-state index contributed by atoms with van der Waals surface area (Å²) in [5.74, 6) is 0.496. The molecule has 3 N–H and O–H groups in total. The van der Waals surface area contributed by atoms with Crippen molar-refractivity contribution >= 4 is 9.84 Å². The van der Waals surface area contributed by atoms with Crippen LogP contribution in [0.3, 0.4) is 0 Å². The summed E-state index contributed by atoms with van der Waals surface area (Å²) in [6, 6.07) is 0. The second-order valence-corrected chi connectivity index (χ2v) is 7.88. The minimum Gasteiger partial charge on any atom is -0.390 e. The highest BCUT2D eigenvalue weighted by molar-refractivity contribution is 7.91. The van der Waals surface area contributed by atoms with Crippen molar-refractivity contribution < 1.29 is 13.5 Å². The van der Waals surface area contributed by atoms with E-state index in [1.165, 1.54) is 0 Å². The lowest BCUT2D eigenvalue weighted by molar-refractivity contribution is -0.0669. The van der Waals surface area contributed by atoms with Crippen molar-refractivity contribution in [1.29, 1.82) is 0 Å². The Morgan fingerprint density at radius 3 is 2.38 bits per heavy atom. The molecule has 0 aromatic carbocycles. The first-order valence-electron chi connectivity index (χ1n) is 5.77. The predicted molar refractivity (Wildman–Crippen MR) is 64.8 cm³/mol. The molecular weight excluding hydrogens is 226 g/mol. The molecule has 0 radical (unpaired) electrons. The summed E-state index contributed by atoms with van der Waals surface area (Å²) in [5, 5.41) is 10.5. The molecule has 0 bridgehead atoms. The summed E-state index contributed by atoms with van der Waals surface area (Å²) >= 11 is 0. The highest BCUT2D eigenvalue weighted by Gasteiger charge is 2.52. The molecule has 1 aliphatic rings. The van der Waals surface area contributed by atoms with E-state index < -0.39 is 20.9 Å². The number of nitrogens with two attached hydrogens (primary N) is 1. The van der Waals surface area contributed by atoms with Gasteiger partial charge >= 0.3 is 0 Å². The van der Waals surface area contributed by atoms with E-state index in [0.717, 1.165) is 0 Å². The van der Waals surface area contributed by atoms with Gasteiger partial charge in [0.25, 0.3) is 0 Å². The first kappa shape index (κ1) is 13.9. The van der Waals surface area contributed by atoms with E-state index >= 15 is 0 Å². The zero-order valence-electron chi connectivity index (χ0n) is 10.4. The Hall–Kier alpha value is -0.130. The van der Waals surface area contributed by atoms with Crippen molar-refractivity contribution in [2.24, 2.45) is 17.1 Å². The molecule has 4 nitrogen and oxygen atoms in total. The Labute approximate surface area is 98.1 Å². The average molecular weight is 249 g/mol. The zero-order chi connectivity index (χ0) is 12.6. The molecule has 0 spiro atoms. The lowest BCUT2D eigenvalue weighted by Gasteiger charge is -2.42. The Morgan fingerprint density at radius 2 is 2.06 bits per heavy atom. The SMILES string of the molecule is CC(C)CC(C)(O)C1(CN)CCS(=O)(=O)C1. The third-order valence-electron chi connectivity index (χ3n) is 3.73. The van der Waals surface area contributed by atoms with Crippen molar-refractivity contribution in [3.63, 3.8) is 0 Å². The molecule has 1 rings (SSSR count). The van der Waals surface area contributed by atoms with Crippen molar-refractivity contribution in [2.75, 3.05) is 18.1 Å². The number of hydrogen-bond donors (Lipinski definition) is 2. The van der Waals surface area contributed by atoms with E-state index in [1.807, 2.05) is 13.8 Å². The molecule has 0 saturated carbocycles. The number of rotatable bonds is 4. The van der Waals surface area contributed by atoms with Crippen LogP contribution in [0, 0.1) is 11.3 Å². The van der Waals surface area contributed by atoms with Crippen molar-refractivity contribution in [3.05, 3.63) is 0 Å². The van der Waals surface area contributed by atoms with Crippen LogP contribution in [0.15, 0.2) is 0 Å². The largest absolute Gasteiger partial charge is 0.390 e. The van der Waals surface area contributed by atoms with Crippen LogP contribution in [0.2, 0.25) is 0 Å². The predicted octanol–water partition coefficient (Wildman–Crippen LogP) is 0.547. The van der Waals surface area contributed by atoms with Gasteiger partial charge < -0.3 is 10.8 Å². The lowest BCUT2D eigenvalue weighted by atomic mass is 9.69. The maximum Gasteiger partial charge on any atom is 0.151 e. The smallest absolute Gasteiger partial charge is 0.151 e. The lowest BCUT2D eigenvalue weighted by Crippen LogP contribution is -2.52. The van der Waals surface area contributed by atoms with Crippen LogP contribution in [-0.2, 0) is 9.84 Å². The third kappa shape index (κ3) is 2.57. The van der Waals surface area contributed by atoms with Crippen molar-refractivity contribution in [3.8, 4) is 0 Å². The summed E-state index contributed by atoms with van der Waals surface area (Å²) in [5.41, 5.74) is 4.07. The first-order chi connectivity index (χ1) is 7.14. The van der Waals surface area contributed by atoms with Crippen LogP contribution in [0.5, 0.6) is 0 Å². The molecule has 1 saturated heterocycles. The van der Waals surface area contributed by atoms with Gasteiger partial charge in [0.2, 0.25) is 0 Å². The molecule has 0 aromatic rings. The van der Waals surface area contributed by atoms with Gasteiger partial charge in [-0.3, -0.25) is 0 Å². The van der Waals surface area contributed by atoms with E-state index in [9.17, 15) is 13.5 Å². The van der Waals surface area contributed by atoms with Crippen molar-refractivity contribution in [2.45, 2.75) is 39.2 Å². The van der Waals surface area contributed by atoms with E-state index in [1.54, 1.807) is 6.92 Å². The fourth-order valence-electron chi connectivity index (χ4n) is 2.73. The Morgan fingerprint density at radius 1 is 1.50 bits per heavy atom. The molecule has 0 aromatic heterocycles. The standard InChI is InChI=1S/C11H23NO3S/c1-9(2)6-10(3,13)11(7-12)4-5-16(14,15)8-11/h9,13H,4-8,12H2,1-3H3. The van der Waals surface area contributed by atoms with Gasteiger partial charge in [0.05, 0.1) is 17.1 Å². The summed E-state index contributed by atoms with van der Waals surface area (Å²) in [6.45, 7) is 5.98. The van der Waals surface area contributed by atoms with Gasteiger partial charge in [0.1, 0.15) is 0 Å². The second kappa shape index (κ2) is 4.27. The average Bonchev–Trinajstić information content (AvgIpc) is 2.41. The molecule has 1 heterocycles. The van der Waals surface area contributed by atoms with E-state index in [2.05, 4.69) is 0 Å². The summed E-state index contributed by atoms with van der Waals surface area (Å²) in [7, 11) is -3.02. The van der Waals surface area contributed by atoms with E-state index in [4.69, 9.17) is 5.73 Å². The van der Waals surface area contributed by atoms with Crippen LogP contribution in [-0.4, -0.2) is 37.2 Å². The van der Waals surface area contributed by atoms with Gasteiger partial charge in [0.15, 0.2) is 9.84 Å². The van der Waals surface area contributed by atoms with Gasteiger partial charge in [-0.05, 0) is 25.7 Å². The van der Waals surface area contributed by atoms with Crippen LogP contribution in [0.4, 0.5) is 0 Å². The van der Waals surface area contributed by atoms with Gasteiger partial charge in [-0.15, -0.1) is 0 Å². The summed E-state index contributed by atoms with van der Waals surface area (Å²) < 4.78 is 23.1. The normalized spacial score (nSPS) is 32.9. The highest BCUT2D eigenvalue weighted by atomic mass is 32.2. The molecule has 1 aliphatic heterocycles. The Kier molecular flexibility index (Phi) is 3.72. The maximum absolute atomic E-state index is 11.6. The van der Waals surface area contributed by atoms with Crippen LogP contribution < -0.4 is 5.73 Å². The van der Waals surface area contributed by atoms with Gasteiger partial charge in [0, 0.05) is 12.0 Å². The fourth-order valence-corrected chi connectivity index (χ4v) is 4.99. The maximum atomic E-state index is 11.6. The summed E-state index contributed by atoms with van der Waals surface area (Å²) in [4.78, 5) is 0. The van der Waals surface area contributed by atoms with Gasteiger partial charge in [-0.25, -0.2) is 8.42 Å². The van der Waals surface area contributed by atoms with Gasteiger partial charge in [-0.2, -0.15) is 0 Å². The molecule has 2 atom stereocenters. The van der Waals surface area contributed by atoms with Gasteiger partial charge in [-0.1, -0.05) is 13.8 Å². The second-order valence-electron chi connectivity index (χ2n) is 5.70. The highest BCUT2D eigenvalue weighted by Crippen LogP contribution is 2.44. The Bertz CT molecular complexity index is 348. The topological polar surface area (TPSA) is 80.4 Å². The molecule has 96 valence electrons. The zero-order valence-corrected chi connectivity index (χ0v) is 11.2. The molecule has 16 heavy (non-hydrogen) atoms. The molecule has 5 heteroatoms. The van der Waals surface area contributed by atoms with E-state index in [0.29, 0.717) is 18.8 Å². The molecular formula is C11H23NO3S. The summed E-state index contributed by atoms with van der Waals surface area (Å²) in [6.07, 6.45) is 1.06. The number of aliphatic hydroxyl groups is 1. The molecule has 0 aliphatic carbocycles. The van der Waals surface area contributed by atoms with Crippen LogP contribution in [0.1, 0.15) is 33.6 Å². The Balaban J connectivity index is 2.98. The van der Waals surface area contributed by atoms with E-state index in [-0.39, 0.29) is 18.1 Å². The van der Waals surface area contributed by atoms with Crippen molar-refractivity contribution in [1.82, 2.24) is 0 Å². The van der Waals surface area contributed by atoms with Crippen LogP contribution >= 0.6 is 0 Å². The minimum absolute atomic E-state index is 0.0240. The first-order valence-corrected chi connectivity index (χ1v) is 7.59. The third-order valence-corrected chi connectivity index (χ3v) is 5.55. The molecule has 2 unspecified atom stereocenters. The molecule has 0 amide bonds. The quantitative estimate of drug-likeness (QED) is 0.762. The molecule has 1 fully saturated rings. The fraction of sp³-hybridized carbons (Fsp3) is 1.00. The minimum atomic E-state index is -3.02. The van der Waals surface area contributed by atoms with Crippen LogP contribution in [0.25, 0.3) is 0 Å². The monoisotopic (exact) mass is 249 g/mol.